The van der Waals surface area contributed by atoms with Crippen LogP contribution >= 0.6 is 0 Å². The molecule has 0 saturated carbocycles. The van der Waals surface area contributed by atoms with Gasteiger partial charge in [0, 0.05) is 18.0 Å². The minimum atomic E-state index is 0.0923. The number of pyridine rings is 1. The number of aryl methyl sites for hydroxylation is 1. The van der Waals surface area contributed by atoms with Crippen LogP contribution in [0.5, 0.6) is 11.5 Å². The summed E-state index contributed by atoms with van der Waals surface area (Å²) in [6.45, 7) is 2.06. The second-order valence-corrected chi connectivity index (χ2v) is 6.27. The lowest BCUT2D eigenvalue weighted by atomic mass is 10.1. The maximum atomic E-state index is 9.89. The number of phenolic OH excluding ortho intramolecular Hbond substituents is 1. The van der Waals surface area contributed by atoms with Crippen molar-refractivity contribution in [2.75, 3.05) is 7.11 Å². The van der Waals surface area contributed by atoms with Gasteiger partial charge in [0.25, 0.3) is 0 Å². The Kier molecular flexibility index (Phi) is 4.34. The maximum absolute atomic E-state index is 9.89. The summed E-state index contributed by atoms with van der Waals surface area (Å²) in [4.78, 5) is 9.45. The summed E-state index contributed by atoms with van der Waals surface area (Å²) in [5, 5.41) is 9.89. The molecule has 1 N–H and O–H groups in total. The largest absolute Gasteiger partial charge is 0.504 e. The molecule has 0 radical (unpaired) electrons. The molecule has 0 amide bonds. The number of benzene rings is 2. The van der Waals surface area contributed by atoms with Gasteiger partial charge in [-0.05, 0) is 42.8 Å². The van der Waals surface area contributed by atoms with Gasteiger partial charge < -0.3 is 9.84 Å². The highest BCUT2D eigenvalue weighted by Gasteiger charge is 2.15. The Morgan fingerprint density at radius 2 is 1.89 bits per heavy atom. The summed E-state index contributed by atoms with van der Waals surface area (Å²) < 4.78 is 7.18. The van der Waals surface area contributed by atoms with Crippen LogP contribution in [0.15, 0.2) is 71.9 Å². The van der Waals surface area contributed by atoms with Crippen molar-refractivity contribution < 1.29 is 9.84 Å². The minimum Gasteiger partial charge on any atom is -0.504 e. The van der Waals surface area contributed by atoms with Crippen LogP contribution in [-0.4, -0.2) is 27.8 Å². The topological polar surface area (TPSA) is 59.1 Å². The van der Waals surface area contributed by atoms with Gasteiger partial charge in [-0.3, -0.25) is 4.40 Å². The number of fused-ring (bicyclic) bond motifs is 1. The van der Waals surface area contributed by atoms with Crippen LogP contribution in [-0.2, 0) is 0 Å². The van der Waals surface area contributed by atoms with Gasteiger partial charge in [-0.1, -0.05) is 35.9 Å². The van der Waals surface area contributed by atoms with E-state index in [0.717, 1.165) is 28.3 Å². The van der Waals surface area contributed by atoms with Crippen LogP contribution in [0.3, 0.4) is 0 Å². The highest BCUT2D eigenvalue weighted by atomic mass is 16.5. The van der Waals surface area contributed by atoms with Crippen LogP contribution in [0.2, 0.25) is 0 Å². The van der Waals surface area contributed by atoms with E-state index in [0.29, 0.717) is 5.75 Å². The van der Waals surface area contributed by atoms with Gasteiger partial charge in [0.05, 0.1) is 7.11 Å². The van der Waals surface area contributed by atoms with Gasteiger partial charge in [-0.15, -0.1) is 0 Å². The first-order valence-corrected chi connectivity index (χ1v) is 8.61. The summed E-state index contributed by atoms with van der Waals surface area (Å²) in [5.41, 5.74) is 4.57. The first-order valence-electron chi connectivity index (χ1n) is 8.61. The van der Waals surface area contributed by atoms with Gasteiger partial charge in [-0.25, -0.2) is 9.98 Å². The molecule has 0 atom stereocenters. The molecule has 0 unspecified atom stereocenters. The number of phenols is 1. The first kappa shape index (κ1) is 16.8. The fourth-order valence-corrected chi connectivity index (χ4v) is 2.91. The molecule has 0 spiro atoms. The Morgan fingerprint density at radius 3 is 2.67 bits per heavy atom. The van der Waals surface area contributed by atoms with E-state index in [-0.39, 0.29) is 5.75 Å². The second-order valence-electron chi connectivity index (χ2n) is 6.27. The van der Waals surface area contributed by atoms with Crippen molar-refractivity contribution in [3.05, 3.63) is 78.0 Å². The minimum absolute atomic E-state index is 0.0923. The van der Waals surface area contributed by atoms with Crippen molar-refractivity contribution in [2.24, 2.45) is 4.99 Å². The Labute approximate surface area is 157 Å². The summed E-state index contributed by atoms with van der Waals surface area (Å²) in [6, 6.07) is 19.2. The Bertz CT molecular complexity index is 1130. The number of rotatable bonds is 4. The molecule has 0 aliphatic rings. The Hall–Kier alpha value is -3.60. The van der Waals surface area contributed by atoms with E-state index in [1.165, 1.54) is 12.7 Å². The van der Waals surface area contributed by atoms with Gasteiger partial charge in [-0.2, -0.15) is 0 Å². The third kappa shape index (κ3) is 3.27. The van der Waals surface area contributed by atoms with Gasteiger partial charge >= 0.3 is 0 Å². The molecule has 0 aliphatic heterocycles. The fraction of sp³-hybridized carbons (Fsp3) is 0.0909. The highest BCUT2D eigenvalue weighted by Crippen LogP contribution is 2.36. The number of methoxy groups -OCH3 is 1. The first-order chi connectivity index (χ1) is 13.2. The van der Waals surface area contributed by atoms with Crippen molar-refractivity contribution in [1.82, 2.24) is 9.38 Å². The van der Waals surface area contributed by atoms with E-state index in [4.69, 9.17) is 14.7 Å². The molecule has 2 aromatic heterocycles. The number of imidazole rings is 1. The number of hydrogen-bond donors (Lipinski definition) is 1. The van der Waals surface area contributed by atoms with Crippen molar-refractivity contribution in [3.63, 3.8) is 0 Å². The van der Waals surface area contributed by atoms with E-state index in [1.807, 2.05) is 53.2 Å². The zero-order valence-corrected chi connectivity index (χ0v) is 15.1. The van der Waals surface area contributed by atoms with Crippen LogP contribution in [0.1, 0.15) is 11.1 Å². The van der Waals surface area contributed by atoms with Crippen LogP contribution in [0.4, 0.5) is 5.82 Å². The Morgan fingerprint density at radius 1 is 1.07 bits per heavy atom. The molecule has 0 saturated heterocycles. The molecule has 5 nitrogen and oxygen atoms in total. The van der Waals surface area contributed by atoms with Crippen molar-refractivity contribution in [3.8, 4) is 22.8 Å². The predicted octanol–water partition coefficient (Wildman–Crippen LogP) is 4.77. The third-order valence-corrected chi connectivity index (χ3v) is 4.37. The quantitative estimate of drug-likeness (QED) is 0.535. The van der Waals surface area contributed by atoms with Crippen LogP contribution < -0.4 is 4.74 Å². The van der Waals surface area contributed by atoms with Gasteiger partial charge in [0.2, 0.25) is 0 Å². The molecular formula is C22H19N3O2. The van der Waals surface area contributed by atoms with E-state index < -0.39 is 0 Å². The van der Waals surface area contributed by atoms with Crippen LogP contribution in [0, 0.1) is 6.92 Å². The highest BCUT2D eigenvalue weighted by molar-refractivity contribution is 5.85. The molecule has 134 valence electrons. The number of nitrogens with zero attached hydrogens (tertiary/aromatic N) is 3. The van der Waals surface area contributed by atoms with Crippen molar-refractivity contribution >= 4 is 17.7 Å². The fourth-order valence-electron chi connectivity index (χ4n) is 2.91. The zero-order chi connectivity index (χ0) is 18.8. The van der Waals surface area contributed by atoms with E-state index in [2.05, 4.69) is 19.1 Å². The molecule has 0 aliphatic carbocycles. The van der Waals surface area contributed by atoms with Crippen LogP contribution in [0.25, 0.3) is 16.9 Å². The summed E-state index contributed by atoms with van der Waals surface area (Å²) >= 11 is 0. The molecule has 4 aromatic rings. The molecule has 2 aromatic carbocycles. The van der Waals surface area contributed by atoms with Crippen molar-refractivity contribution in [2.45, 2.75) is 6.92 Å². The summed E-state index contributed by atoms with van der Waals surface area (Å²) in [6.07, 6.45) is 3.77. The predicted molar refractivity (Wildman–Crippen MR) is 107 cm³/mol. The second kappa shape index (κ2) is 6.96. The summed E-state index contributed by atoms with van der Waals surface area (Å²) in [7, 11) is 1.53. The molecule has 27 heavy (non-hydrogen) atoms. The van der Waals surface area contributed by atoms with Crippen molar-refractivity contribution in [1.29, 1.82) is 0 Å². The monoisotopic (exact) mass is 357 g/mol. The zero-order valence-electron chi connectivity index (χ0n) is 15.1. The average molecular weight is 357 g/mol. The van der Waals surface area contributed by atoms with E-state index in [9.17, 15) is 5.11 Å². The SMILES string of the molecule is COc1cc(-c2nc3ccccn3c2N=Cc2ccc(C)cc2)ccc1O. The molecule has 5 heteroatoms. The molecule has 4 rings (SSSR count). The summed E-state index contributed by atoms with van der Waals surface area (Å²) in [5.74, 6) is 1.21. The molecule has 2 heterocycles. The lowest BCUT2D eigenvalue weighted by Crippen LogP contribution is -1.87. The van der Waals surface area contributed by atoms with Gasteiger partial charge in [0.15, 0.2) is 17.3 Å². The smallest absolute Gasteiger partial charge is 0.165 e. The lowest BCUT2D eigenvalue weighted by Gasteiger charge is -2.06. The average Bonchev–Trinajstić information content (AvgIpc) is 3.06. The molecule has 0 fully saturated rings. The van der Waals surface area contributed by atoms with Gasteiger partial charge in [0.1, 0.15) is 11.3 Å². The van der Waals surface area contributed by atoms with E-state index in [1.54, 1.807) is 12.1 Å². The van der Waals surface area contributed by atoms with E-state index >= 15 is 0 Å². The maximum Gasteiger partial charge on any atom is 0.165 e. The number of aromatic nitrogens is 2. The number of ether oxygens (including phenoxy) is 1. The lowest BCUT2D eigenvalue weighted by molar-refractivity contribution is 0.373. The Balaban J connectivity index is 1.86. The molecule has 0 bridgehead atoms. The number of aromatic hydroxyl groups is 1. The normalized spacial score (nSPS) is 11.3. The standard InChI is InChI=1S/C22H19N3O2/c1-15-6-8-16(9-7-15)14-23-22-21(24-20-5-3-4-12-25(20)22)17-10-11-18(26)19(13-17)27-2/h3-14,26H,1-2H3. The third-order valence-electron chi connectivity index (χ3n) is 4.37. The molecular weight excluding hydrogens is 338 g/mol. The number of hydrogen-bond acceptors (Lipinski definition) is 4. The number of aliphatic imine (C=N–C) groups is 1.